The summed E-state index contributed by atoms with van der Waals surface area (Å²) >= 11 is 0. The van der Waals surface area contributed by atoms with Crippen molar-refractivity contribution >= 4 is 30.5 Å². The van der Waals surface area contributed by atoms with E-state index in [1.54, 1.807) is 10.9 Å². The minimum atomic E-state index is -4.04. The summed E-state index contributed by atoms with van der Waals surface area (Å²) in [5.41, 5.74) is 6.79. The van der Waals surface area contributed by atoms with Crippen molar-refractivity contribution < 1.29 is 28.3 Å². The van der Waals surface area contributed by atoms with E-state index in [1.807, 2.05) is 0 Å². The van der Waals surface area contributed by atoms with E-state index in [2.05, 4.69) is 21.9 Å². The van der Waals surface area contributed by atoms with Gasteiger partial charge in [0.1, 0.15) is 18.2 Å². The Kier molecular flexibility index (Phi) is 16.9. The highest BCUT2D eigenvalue weighted by Crippen LogP contribution is 2.41. The fraction of sp³-hybridized carbons (Fsp3) is 0.778. The largest absolute Gasteiger partial charge is 0.438 e. The van der Waals surface area contributed by atoms with Gasteiger partial charge in [0.25, 0.3) is 0 Å². The first-order chi connectivity index (χ1) is 18.9. The zero-order chi connectivity index (χ0) is 28.2. The normalized spacial score (nSPS) is 13.1. The smallest absolute Gasteiger partial charge is 0.356 e. The standard InChI is InChI=1S/C27H48N5O6P/c1-2-3-4-5-6-7-8-9-10-11-12-13-14-15-16-17-24(33)37-22-38-39(34,35)23-36-19-18-32-21-31-25-26(28)29-20-30-27(25)32/h20-21H,2-19,22-23H2,1H3,(H,34,35)(H2,28,29,30). The van der Waals surface area contributed by atoms with Crippen molar-refractivity contribution in [3.8, 4) is 0 Å². The summed E-state index contributed by atoms with van der Waals surface area (Å²) < 4.78 is 28.8. The predicted octanol–water partition coefficient (Wildman–Crippen LogP) is 6.35. The molecule has 2 heterocycles. The minimum Gasteiger partial charge on any atom is -0.438 e. The van der Waals surface area contributed by atoms with Gasteiger partial charge in [-0.3, -0.25) is 13.9 Å². The van der Waals surface area contributed by atoms with E-state index in [4.69, 9.17) is 19.7 Å². The Morgan fingerprint density at radius 3 is 2.13 bits per heavy atom. The zero-order valence-corrected chi connectivity index (χ0v) is 24.5. The molecule has 0 amide bonds. The summed E-state index contributed by atoms with van der Waals surface area (Å²) in [6.45, 7) is 2.16. The molecule has 0 aliphatic carbocycles. The summed E-state index contributed by atoms with van der Waals surface area (Å²) in [5.74, 6) is -0.152. The second-order valence-electron chi connectivity index (χ2n) is 10.0. The fourth-order valence-corrected chi connectivity index (χ4v) is 4.98. The molecule has 222 valence electrons. The number of aromatic nitrogens is 4. The van der Waals surface area contributed by atoms with Gasteiger partial charge < -0.3 is 24.7 Å². The van der Waals surface area contributed by atoms with Crippen LogP contribution in [0.5, 0.6) is 0 Å². The number of fused-ring (bicyclic) bond motifs is 1. The molecule has 0 bridgehead atoms. The first-order valence-corrected chi connectivity index (χ1v) is 16.3. The maximum Gasteiger partial charge on any atom is 0.356 e. The molecule has 2 aromatic heterocycles. The number of imidazole rings is 1. The zero-order valence-electron chi connectivity index (χ0n) is 23.6. The Morgan fingerprint density at radius 1 is 0.923 bits per heavy atom. The Bertz CT molecular complexity index is 989. The molecule has 0 fully saturated rings. The molecule has 0 radical (unpaired) electrons. The highest BCUT2D eigenvalue weighted by molar-refractivity contribution is 7.52. The monoisotopic (exact) mass is 569 g/mol. The average molecular weight is 570 g/mol. The van der Waals surface area contributed by atoms with E-state index in [-0.39, 0.29) is 18.8 Å². The number of ether oxygens (including phenoxy) is 2. The predicted molar refractivity (Wildman–Crippen MR) is 152 cm³/mol. The van der Waals surface area contributed by atoms with Crippen LogP contribution in [-0.2, 0) is 29.9 Å². The van der Waals surface area contributed by atoms with Gasteiger partial charge in [-0.15, -0.1) is 0 Å². The third kappa shape index (κ3) is 14.8. The number of rotatable bonds is 24. The quantitative estimate of drug-likeness (QED) is 0.0633. The molecule has 0 aliphatic rings. The van der Waals surface area contributed by atoms with Crippen molar-refractivity contribution in [3.63, 3.8) is 0 Å². The Balaban J connectivity index is 1.39. The molecule has 11 nitrogen and oxygen atoms in total. The molecule has 1 unspecified atom stereocenters. The van der Waals surface area contributed by atoms with Gasteiger partial charge in [-0.1, -0.05) is 96.8 Å². The molecule has 0 aromatic carbocycles. The summed E-state index contributed by atoms with van der Waals surface area (Å²) in [4.78, 5) is 33.9. The molecule has 2 rings (SSSR count). The van der Waals surface area contributed by atoms with Crippen molar-refractivity contribution in [1.29, 1.82) is 0 Å². The number of hydrogen-bond donors (Lipinski definition) is 2. The van der Waals surface area contributed by atoms with Crippen molar-refractivity contribution in [1.82, 2.24) is 19.5 Å². The number of anilines is 1. The van der Waals surface area contributed by atoms with Crippen LogP contribution in [0.4, 0.5) is 5.82 Å². The Hall–Kier alpha value is -2.07. The van der Waals surface area contributed by atoms with Gasteiger partial charge in [0.15, 0.2) is 11.5 Å². The third-order valence-electron chi connectivity index (χ3n) is 6.62. The molecule has 2 aromatic rings. The lowest BCUT2D eigenvalue weighted by atomic mass is 10.0. The van der Waals surface area contributed by atoms with Crippen molar-refractivity contribution in [2.45, 2.75) is 116 Å². The average Bonchev–Trinajstić information content (AvgIpc) is 3.33. The first kappa shape index (κ1) is 33.1. The van der Waals surface area contributed by atoms with Crippen LogP contribution in [0.2, 0.25) is 0 Å². The maximum atomic E-state index is 12.1. The van der Waals surface area contributed by atoms with Crippen LogP contribution in [-0.4, -0.2) is 50.1 Å². The van der Waals surface area contributed by atoms with E-state index in [9.17, 15) is 14.3 Å². The molecule has 12 heteroatoms. The third-order valence-corrected chi connectivity index (χ3v) is 7.64. The molecule has 0 saturated heterocycles. The molecule has 39 heavy (non-hydrogen) atoms. The van der Waals surface area contributed by atoms with Crippen LogP contribution < -0.4 is 5.73 Å². The lowest BCUT2D eigenvalue weighted by molar-refractivity contribution is -0.150. The lowest BCUT2D eigenvalue weighted by Gasteiger charge is -2.13. The molecule has 1 atom stereocenters. The van der Waals surface area contributed by atoms with Crippen LogP contribution in [0, 0.1) is 0 Å². The van der Waals surface area contributed by atoms with E-state index in [0.717, 1.165) is 19.3 Å². The van der Waals surface area contributed by atoms with Crippen LogP contribution in [0.3, 0.4) is 0 Å². The Labute approximate surface area is 232 Å². The summed E-state index contributed by atoms with van der Waals surface area (Å²) in [5, 5.41) is 0. The number of esters is 1. The molecular weight excluding hydrogens is 521 g/mol. The number of carbonyl (C=O) groups excluding carboxylic acids is 1. The first-order valence-electron chi connectivity index (χ1n) is 14.5. The van der Waals surface area contributed by atoms with Crippen LogP contribution in [0.25, 0.3) is 11.2 Å². The van der Waals surface area contributed by atoms with Crippen molar-refractivity contribution in [2.75, 3.05) is 25.5 Å². The number of hydrogen-bond acceptors (Lipinski definition) is 9. The van der Waals surface area contributed by atoms with E-state index in [1.165, 1.54) is 83.4 Å². The molecule has 0 spiro atoms. The summed E-state index contributed by atoms with van der Waals surface area (Å²) in [6.07, 6.45) is 21.5. The van der Waals surface area contributed by atoms with Gasteiger partial charge in [-0.2, -0.15) is 0 Å². The van der Waals surface area contributed by atoms with E-state index < -0.39 is 26.7 Å². The topological polar surface area (TPSA) is 152 Å². The number of carbonyl (C=O) groups is 1. The van der Waals surface area contributed by atoms with Gasteiger partial charge in [0, 0.05) is 13.0 Å². The van der Waals surface area contributed by atoms with E-state index >= 15 is 0 Å². The maximum absolute atomic E-state index is 12.1. The number of nitrogens with two attached hydrogens (primary N) is 1. The lowest BCUT2D eigenvalue weighted by Crippen LogP contribution is -2.10. The summed E-state index contributed by atoms with van der Waals surface area (Å²) in [7, 11) is -4.04. The van der Waals surface area contributed by atoms with Crippen LogP contribution in [0.1, 0.15) is 110 Å². The van der Waals surface area contributed by atoms with Crippen LogP contribution >= 0.6 is 7.60 Å². The Morgan fingerprint density at radius 2 is 1.51 bits per heavy atom. The SMILES string of the molecule is CCCCCCCCCCCCCCCCCC(=O)OCOP(=O)(O)COCCn1cnc2c(N)ncnc21. The molecule has 3 N–H and O–H groups in total. The summed E-state index contributed by atoms with van der Waals surface area (Å²) in [6, 6.07) is 0. The number of nitrogen functional groups attached to an aromatic ring is 1. The number of nitrogens with zero attached hydrogens (tertiary/aromatic N) is 4. The highest BCUT2D eigenvalue weighted by Gasteiger charge is 2.20. The van der Waals surface area contributed by atoms with Gasteiger partial charge in [0.2, 0.25) is 6.79 Å². The van der Waals surface area contributed by atoms with E-state index in [0.29, 0.717) is 17.7 Å². The van der Waals surface area contributed by atoms with Crippen molar-refractivity contribution in [2.24, 2.45) is 0 Å². The minimum absolute atomic E-state index is 0.127. The van der Waals surface area contributed by atoms with Gasteiger partial charge >= 0.3 is 13.6 Å². The molecule has 0 aliphatic heterocycles. The number of unbranched alkanes of at least 4 members (excludes halogenated alkanes) is 14. The second-order valence-corrected chi connectivity index (χ2v) is 11.8. The van der Waals surface area contributed by atoms with Gasteiger partial charge in [0.05, 0.1) is 12.9 Å². The van der Waals surface area contributed by atoms with Crippen LogP contribution in [0.15, 0.2) is 12.7 Å². The highest BCUT2D eigenvalue weighted by atomic mass is 31.2. The van der Waals surface area contributed by atoms with Gasteiger partial charge in [-0.05, 0) is 6.42 Å². The molecular formula is C27H48N5O6P. The fourth-order valence-electron chi connectivity index (χ4n) is 4.33. The second kappa shape index (κ2) is 19.9. The van der Waals surface area contributed by atoms with Crippen molar-refractivity contribution in [3.05, 3.63) is 12.7 Å². The molecule has 0 saturated carbocycles. The van der Waals surface area contributed by atoms with Gasteiger partial charge in [-0.25, -0.2) is 15.0 Å².